The number of ether oxygens (including phenoxy) is 1. The Hall–Kier alpha value is -2.89. The van der Waals surface area contributed by atoms with Crippen molar-refractivity contribution in [2.45, 2.75) is 51.2 Å². The number of nitrogens with zero attached hydrogens (tertiary/aromatic N) is 1. The molecule has 154 valence electrons. The standard InChI is InChI=1S/C23H27FN2O3/c1-17(23(28)25-20-7-5-6-8-20)26(15-18-11-13-19(24)14-12-18)22(27)16-29-21-9-3-2-4-10-21/h2-4,9-14,17,20H,5-8,15-16H2,1H3,(H,25,28)/t17-/m0/s1. The smallest absolute Gasteiger partial charge is 0.261 e. The molecule has 29 heavy (non-hydrogen) atoms. The third-order valence-electron chi connectivity index (χ3n) is 5.24. The molecular formula is C23H27FN2O3. The Morgan fingerprint density at radius 2 is 1.76 bits per heavy atom. The summed E-state index contributed by atoms with van der Waals surface area (Å²) in [5.41, 5.74) is 0.750. The fourth-order valence-electron chi connectivity index (χ4n) is 3.51. The normalized spacial score (nSPS) is 15.0. The van der Waals surface area contributed by atoms with Gasteiger partial charge in [0.05, 0.1) is 0 Å². The molecule has 0 saturated heterocycles. The van der Waals surface area contributed by atoms with E-state index in [1.54, 1.807) is 31.2 Å². The van der Waals surface area contributed by atoms with Crippen LogP contribution in [0.1, 0.15) is 38.2 Å². The number of benzene rings is 2. The van der Waals surface area contributed by atoms with Crippen molar-refractivity contribution in [1.29, 1.82) is 0 Å². The summed E-state index contributed by atoms with van der Waals surface area (Å²) in [5, 5.41) is 3.05. The van der Waals surface area contributed by atoms with Crippen LogP contribution in [0.25, 0.3) is 0 Å². The maximum Gasteiger partial charge on any atom is 0.261 e. The lowest BCUT2D eigenvalue weighted by atomic mass is 10.1. The van der Waals surface area contributed by atoms with Crippen molar-refractivity contribution < 1.29 is 18.7 Å². The number of amides is 2. The first-order chi connectivity index (χ1) is 14.0. The number of carbonyl (C=O) groups excluding carboxylic acids is 2. The first-order valence-corrected chi connectivity index (χ1v) is 10.0. The molecule has 0 heterocycles. The van der Waals surface area contributed by atoms with E-state index in [0.717, 1.165) is 31.2 Å². The summed E-state index contributed by atoms with van der Waals surface area (Å²) < 4.78 is 18.8. The van der Waals surface area contributed by atoms with E-state index in [1.807, 2.05) is 18.2 Å². The molecule has 2 aromatic rings. The number of nitrogens with one attached hydrogen (secondary N) is 1. The number of hydrogen-bond acceptors (Lipinski definition) is 3. The Labute approximate surface area is 170 Å². The Balaban J connectivity index is 1.69. The van der Waals surface area contributed by atoms with Crippen LogP contribution in [0.2, 0.25) is 0 Å². The molecule has 1 fully saturated rings. The molecule has 0 aliphatic heterocycles. The van der Waals surface area contributed by atoms with E-state index in [1.165, 1.54) is 17.0 Å². The quantitative estimate of drug-likeness (QED) is 0.738. The molecule has 0 bridgehead atoms. The average Bonchev–Trinajstić information content (AvgIpc) is 3.25. The average molecular weight is 398 g/mol. The monoisotopic (exact) mass is 398 g/mol. The zero-order valence-corrected chi connectivity index (χ0v) is 16.6. The van der Waals surface area contributed by atoms with Gasteiger partial charge in [-0.2, -0.15) is 0 Å². The maximum absolute atomic E-state index is 13.2. The fraction of sp³-hybridized carbons (Fsp3) is 0.391. The molecular weight excluding hydrogens is 371 g/mol. The third-order valence-corrected chi connectivity index (χ3v) is 5.24. The van der Waals surface area contributed by atoms with Gasteiger partial charge in [-0.05, 0) is 49.6 Å². The van der Waals surface area contributed by atoms with E-state index < -0.39 is 6.04 Å². The first kappa shape index (κ1) is 20.8. The van der Waals surface area contributed by atoms with Gasteiger partial charge in [-0.1, -0.05) is 43.2 Å². The van der Waals surface area contributed by atoms with Crippen LogP contribution in [0.4, 0.5) is 4.39 Å². The third kappa shape index (κ3) is 6.04. The highest BCUT2D eigenvalue weighted by Crippen LogP contribution is 2.19. The molecule has 0 unspecified atom stereocenters. The second-order valence-corrected chi connectivity index (χ2v) is 7.42. The number of carbonyl (C=O) groups is 2. The van der Waals surface area contributed by atoms with Crippen molar-refractivity contribution in [3.63, 3.8) is 0 Å². The van der Waals surface area contributed by atoms with Crippen molar-refractivity contribution in [1.82, 2.24) is 10.2 Å². The highest BCUT2D eigenvalue weighted by Gasteiger charge is 2.28. The van der Waals surface area contributed by atoms with Crippen molar-refractivity contribution in [2.24, 2.45) is 0 Å². The molecule has 1 saturated carbocycles. The molecule has 0 aromatic heterocycles. The second-order valence-electron chi connectivity index (χ2n) is 7.42. The number of para-hydroxylation sites is 1. The van der Waals surface area contributed by atoms with E-state index in [-0.39, 0.29) is 36.8 Å². The Morgan fingerprint density at radius 1 is 1.10 bits per heavy atom. The highest BCUT2D eigenvalue weighted by atomic mass is 19.1. The zero-order valence-electron chi connectivity index (χ0n) is 16.6. The Kier molecular flexibility index (Phi) is 7.22. The van der Waals surface area contributed by atoms with E-state index in [0.29, 0.717) is 5.75 Å². The lowest BCUT2D eigenvalue weighted by Crippen LogP contribution is -2.50. The van der Waals surface area contributed by atoms with Gasteiger partial charge >= 0.3 is 0 Å². The summed E-state index contributed by atoms with van der Waals surface area (Å²) in [6.45, 7) is 1.75. The van der Waals surface area contributed by atoms with Crippen LogP contribution < -0.4 is 10.1 Å². The predicted molar refractivity (Wildman–Crippen MR) is 109 cm³/mol. The van der Waals surface area contributed by atoms with E-state index >= 15 is 0 Å². The van der Waals surface area contributed by atoms with Gasteiger partial charge in [0.1, 0.15) is 17.6 Å². The van der Waals surface area contributed by atoms with Crippen molar-refractivity contribution in [3.8, 4) is 5.75 Å². The Bertz CT molecular complexity index is 805. The SMILES string of the molecule is C[C@@H](C(=O)NC1CCCC1)N(Cc1ccc(F)cc1)C(=O)COc1ccccc1. The van der Waals surface area contributed by atoms with Crippen molar-refractivity contribution >= 4 is 11.8 Å². The van der Waals surface area contributed by atoms with Crippen molar-refractivity contribution in [2.75, 3.05) is 6.61 Å². The Morgan fingerprint density at radius 3 is 2.41 bits per heavy atom. The molecule has 5 nitrogen and oxygen atoms in total. The van der Waals surface area contributed by atoms with Gasteiger partial charge in [-0.15, -0.1) is 0 Å². The summed E-state index contributed by atoms with van der Waals surface area (Å²) in [7, 11) is 0. The summed E-state index contributed by atoms with van der Waals surface area (Å²) in [6.07, 6.45) is 4.17. The van der Waals surface area contributed by atoms with Crippen LogP contribution in [0, 0.1) is 5.82 Å². The largest absolute Gasteiger partial charge is 0.484 e. The molecule has 0 radical (unpaired) electrons. The summed E-state index contributed by atoms with van der Waals surface area (Å²) in [6, 6.07) is 14.5. The lowest BCUT2D eigenvalue weighted by molar-refractivity contribution is -0.142. The number of hydrogen-bond donors (Lipinski definition) is 1. The minimum absolute atomic E-state index is 0.174. The lowest BCUT2D eigenvalue weighted by Gasteiger charge is -2.29. The molecule has 0 spiro atoms. The topological polar surface area (TPSA) is 58.6 Å². The minimum atomic E-state index is -0.660. The maximum atomic E-state index is 13.2. The van der Waals surface area contributed by atoms with E-state index in [2.05, 4.69) is 5.32 Å². The van der Waals surface area contributed by atoms with E-state index in [9.17, 15) is 14.0 Å². The minimum Gasteiger partial charge on any atom is -0.484 e. The van der Waals surface area contributed by atoms with Crippen LogP contribution in [0.15, 0.2) is 54.6 Å². The molecule has 3 rings (SSSR count). The second kappa shape index (κ2) is 10.0. The van der Waals surface area contributed by atoms with Gasteiger partial charge in [0.2, 0.25) is 5.91 Å². The van der Waals surface area contributed by atoms with Crippen LogP contribution in [-0.4, -0.2) is 35.4 Å². The molecule has 1 N–H and O–H groups in total. The van der Waals surface area contributed by atoms with Gasteiger partial charge < -0.3 is 15.0 Å². The van der Waals surface area contributed by atoms with Gasteiger partial charge in [0.25, 0.3) is 5.91 Å². The van der Waals surface area contributed by atoms with Crippen LogP contribution in [0.3, 0.4) is 0 Å². The van der Waals surface area contributed by atoms with Crippen LogP contribution in [-0.2, 0) is 16.1 Å². The molecule has 1 aliphatic rings. The number of rotatable bonds is 8. The molecule has 2 amide bonds. The van der Waals surface area contributed by atoms with Crippen LogP contribution in [0.5, 0.6) is 5.75 Å². The van der Waals surface area contributed by atoms with Gasteiger partial charge in [-0.25, -0.2) is 4.39 Å². The fourth-order valence-corrected chi connectivity index (χ4v) is 3.51. The highest BCUT2D eigenvalue weighted by molar-refractivity contribution is 5.88. The molecule has 2 aromatic carbocycles. The first-order valence-electron chi connectivity index (χ1n) is 10.0. The molecule has 6 heteroatoms. The van der Waals surface area contributed by atoms with Gasteiger partial charge in [-0.3, -0.25) is 9.59 Å². The van der Waals surface area contributed by atoms with Crippen molar-refractivity contribution in [3.05, 3.63) is 66.0 Å². The predicted octanol–water partition coefficient (Wildman–Crippen LogP) is 3.68. The summed E-state index contributed by atoms with van der Waals surface area (Å²) in [5.74, 6) is -0.226. The van der Waals surface area contributed by atoms with E-state index in [4.69, 9.17) is 4.74 Å². The summed E-state index contributed by atoms with van der Waals surface area (Å²) >= 11 is 0. The molecule has 1 atom stereocenters. The van der Waals surface area contributed by atoms with Crippen LogP contribution >= 0.6 is 0 Å². The number of halogens is 1. The molecule has 1 aliphatic carbocycles. The zero-order chi connectivity index (χ0) is 20.6. The van der Waals surface area contributed by atoms with Gasteiger partial charge in [0.15, 0.2) is 6.61 Å². The van der Waals surface area contributed by atoms with Gasteiger partial charge in [0, 0.05) is 12.6 Å². The summed E-state index contributed by atoms with van der Waals surface area (Å²) in [4.78, 5) is 27.2.